The van der Waals surface area contributed by atoms with E-state index in [1.54, 1.807) is 6.08 Å². The Balaban J connectivity index is 1.98. The van der Waals surface area contributed by atoms with Crippen LogP contribution in [0.4, 0.5) is 0 Å². The van der Waals surface area contributed by atoms with E-state index in [2.05, 4.69) is 12.2 Å². The van der Waals surface area contributed by atoms with Crippen LogP contribution in [0.2, 0.25) is 0 Å². The molecule has 2 heteroatoms. The van der Waals surface area contributed by atoms with Gasteiger partial charge in [0.2, 0.25) is 5.91 Å². The SMILES string of the molecule is CC[C@@H](NC(=O)/C=C/c1ccc(C)cc1)c1ccccc1. The number of hydrogen-bond acceptors (Lipinski definition) is 1. The molecule has 0 saturated heterocycles. The lowest BCUT2D eigenvalue weighted by atomic mass is 10.0. The van der Waals surface area contributed by atoms with Gasteiger partial charge in [-0.2, -0.15) is 0 Å². The molecule has 1 amide bonds. The molecule has 2 aromatic carbocycles. The van der Waals surface area contributed by atoms with Gasteiger partial charge in [-0.25, -0.2) is 0 Å². The molecule has 0 aliphatic heterocycles. The molecule has 0 fully saturated rings. The van der Waals surface area contributed by atoms with E-state index in [-0.39, 0.29) is 11.9 Å². The molecule has 108 valence electrons. The predicted molar refractivity (Wildman–Crippen MR) is 87.8 cm³/mol. The van der Waals surface area contributed by atoms with Crippen molar-refractivity contribution in [1.82, 2.24) is 5.32 Å². The summed E-state index contributed by atoms with van der Waals surface area (Å²) in [6.45, 7) is 4.12. The van der Waals surface area contributed by atoms with Crippen molar-refractivity contribution in [3.8, 4) is 0 Å². The smallest absolute Gasteiger partial charge is 0.244 e. The number of amides is 1. The molecule has 0 saturated carbocycles. The summed E-state index contributed by atoms with van der Waals surface area (Å²) < 4.78 is 0. The Morgan fingerprint density at radius 1 is 1.10 bits per heavy atom. The second-order valence-corrected chi connectivity index (χ2v) is 5.12. The zero-order chi connectivity index (χ0) is 15.1. The van der Waals surface area contributed by atoms with Crippen molar-refractivity contribution >= 4 is 12.0 Å². The second-order valence-electron chi connectivity index (χ2n) is 5.12. The number of carbonyl (C=O) groups excluding carboxylic acids is 1. The van der Waals surface area contributed by atoms with E-state index in [0.717, 1.165) is 17.5 Å². The summed E-state index contributed by atoms with van der Waals surface area (Å²) in [4.78, 5) is 12.0. The van der Waals surface area contributed by atoms with Crippen LogP contribution >= 0.6 is 0 Å². The minimum atomic E-state index is -0.0636. The largest absolute Gasteiger partial charge is 0.346 e. The maximum absolute atomic E-state index is 12.0. The zero-order valence-corrected chi connectivity index (χ0v) is 12.5. The molecule has 1 atom stereocenters. The van der Waals surface area contributed by atoms with Gasteiger partial charge in [0.25, 0.3) is 0 Å². The van der Waals surface area contributed by atoms with Gasteiger partial charge in [-0.15, -0.1) is 0 Å². The van der Waals surface area contributed by atoms with Crippen molar-refractivity contribution in [1.29, 1.82) is 0 Å². The number of carbonyl (C=O) groups is 1. The Hall–Kier alpha value is -2.35. The molecule has 2 nitrogen and oxygen atoms in total. The lowest BCUT2D eigenvalue weighted by Gasteiger charge is -2.16. The summed E-state index contributed by atoms with van der Waals surface area (Å²) in [5.41, 5.74) is 3.38. The van der Waals surface area contributed by atoms with Gasteiger partial charge in [-0.3, -0.25) is 4.79 Å². The third-order valence-corrected chi connectivity index (χ3v) is 3.43. The third-order valence-electron chi connectivity index (χ3n) is 3.43. The Kier molecular flexibility index (Phi) is 5.33. The van der Waals surface area contributed by atoms with Crippen LogP contribution in [0, 0.1) is 6.92 Å². The molecule has 0 aromatic heterocycles. The number of nitrogens with one attached hydrogen (secondary N) is 1. The standard InChI is InChI=1S/C19H21NO/c1-3-18(17-7-5-4-6-8-17)20-19(21)14-13-16-11-9-15(2)10-12-16/h4-14,18H,3H2,1-2H3,(H,20,21)/b14-13+/t18-/m1/s1. The van der Waals surface area contributed by atoms with Crippen LogP contribution in [0.15, 0.2) is 60.7 Å². The van der Waals surface area contributed by atoms with Crippen molar-refractivity contribution in [2.45, 2.75) is 26.3 Å². The van der Waals surface area contributed by atoms with Gasteiger partial charge in [-0.05, 0) is 30.5 Å². The summed E-state index contributed by atoms with van der Waals surface area (Å²) in [5, 5.41) is 3.04. The highest BCUT2D eigenvalue weighted by Crippen LogP contribution is 2.15. The molecule has 0 unspecified atom stereocenters. The molecule has 2 aromatic rings. The van der Waals surface area contributed by atoms with E-state index >= 15 is 0 Å². The molecular weight excluding hydrogens is 258 g/mol. The normalized spacial score (nSPS) is 12.3. The number of benzene rings is 2. The number of hydrogen-bond donors (Lipinski definition) is 1. The average molecular weight is 279 g/mol. The zero-order valence-electron chi connectivity index (χ0n) is 12.5. The molecular formula is C19H21NO. The van der Waals surface area contributed by atoms with Gasteiger partial charge in [0.1, 0.15) is 0 Å². The fourth-order valence-corrected chi connectivity index (χ4v) is 2.18. The van der Waals surface area contributed by atoms with Crippen molar-refractivity contribution in [2.24, 2.45) is 0 Å². The van der Waals surface area contributed by atoms with Crippen LogP contribution in [0.3, 0.4) is 0 Å². The van der Waals surface area contributed by atoms with Gasteiger partial charge in [-0.1, -0.05) is 67.1 Å². The van der Waals surface area contributed by atoms with E-state index in [9.17, 15) is 4.79 Å². The van der Waals surface area contributed by atoms with Crippen molar-refractivity contribution in [3.63, 3.8) is 0 Å². The third kappa shape index (κ3) is 4.60. The van der Waals surface area contributed by atoms with Gasteiger partial charge in [0, 0.05) is 6.08 Å². The minimum absolute atomic E-state index is 0.0568. The molecule has 2 rings (SSSR count). The van der Waals surface area contributed by atoms with Crippen molar-refractivity contribution in [2.75, 3.05) is 0 Å². The average Bonchev–Trinajstić information content (AvgIpc) is 2.53. The monoisotopic (exact) mass is 279 g/mol. The van der Waals surface area contributed by atoms with Gasteiger partial charge in [0.15, 0.2) is 0 Å². The van der Waals surface area contributed by atoms with Crippen LogP contribution in [-0.4, -0.2) is 5.91 Å². The summed E-state index contributed by atoms with van der Waals surface area (Å²) >= 11 is 0. The molecule has 0 spiro atoms. The second kappa shape index (κ2) is 7.44. The molecule has 0 heterocycles. The summed E-state index contributed by atoms with van der Waals surface area (Å²) in [5.74, 6) is -0.0636. The Labute approximate surface area is 126 Å². The Morgan fingerprint density at radius 3 is 2.38 bits per heavy atom. The molecule has 0 bridgehead atoms. The molecule has 21 heavy (non-hydrogen) atoms. The summed E-state index contributed by atoms with van der Waals surface area (Å²) in [6.07, 6.45) is 4.30. The van der Waals surface area contributed by atoms with Crippen LogP contribution in [0.5, 0.6) is 0 Å². The van der Waals surface area contributed by atoms with E-state index in [1.165, 1.54) is 5.56 Å². The first-order valence-corrected chi connectivity index (χ1v) is 7.29. The summed E-state index contributed by atoms with van der Waals surface area (Å²) in [6, 6.07) is 18.2. The lowest BCUT2D eigenvalue weighted by Crippen LogP contribution is -2.26. The topological polar surface area (TPSA) is 29.1 Å². The fraction of sp³-hybridized carbons (Fsp3) is 0.211. The minimum Gasteiger partial charge on any atom is -0.346 e. The van der Waals surface area contributed by atoms with Crippen LogP contribution < -0.4 is 5.32 Å². The number of rotatable bonds is 5. The molecule has 0 radical (unpaired) electrons. The highest BCUT2D eigenvalue weighted by Gasteiger charge is 2.10. The van der Waals surface area contributed by atoms with Crippen LogP contribution in [0.25, 0.3) is 6.08 Å². The van der Waals surface area contributed by atoms with Gasteiger partial charge < -0.3 is 5.32 Å². The van der Waals surface area contributed by atoms with Crippen LogP contribution in [0.1, 0.15) is 36.1 Å². The quantitative estimate of drug-likeness (QED) is 0.813. The van der Waals surface area contributed by atoms with Crippen LogP contribution in [-0.2, 0) is 4.79 Å². The maximum atomic E-state index is 12.0. The Bertz CT molecular complexity index is 599. The first kappa shape index (κ1) is 15.0. The molecule has 0 aliphatic rings. The lowest BCUT2D eigenvalue weighted by molar-refractivity contribution is -0.117. The maximum Gasteiger partial charge on any atom is 0.244 e. The van der Waals surface area contributed by atoms with Gasteiger partial charge in [0.05, 0.1) is 6.04 Å². The Morgan fingerprint density at radius 2 is 1.76 bits per heavy atom. The highest BCUT2D eigenvalue weighted by atomic mass is 16.1. The van der Waals surface area contributed by atoms with E-state index < -0.39 is 0 Å². The van der Waals surface area contributed by atoms with Gasteiger partial charge >= 0.3 is 0 Å². The predicted octanol–water partition coefficient (Wildman–Crippen LogP) is 4.28. The number of aryl methyl sites for hydroxylation is 1. The van der Waals surface area contributed by atoms with E-state index in [0.29, 0.717) is 0 Å². The first-order chi connectivity index (χ1) is 10.2. The molecule has 1 N–H and O–H groups in total. The molecule has 0 aliphatic carbocycles. The van der Waals surface area contributed by atoms with Crippen molar-refractivity contribution in [3.05, 3.63) is 77.4 Å². The summed E-state index contributed by atoms with van der Waals surface area (Å²) in [7, 11) is 0. The highest BCUT2D eigenvalue weighted by molar-refractivity contribution is 5.92. The first-order valence-electron chi connectivity index (χ1n) is 7.29. The van der Waals surface area contributed by atoms with E-state index in [1.807, 2.05) is 67.6 Å². The fourth-order valence-electron chi connectivity index (χ4n) is 2.18. The van der Waals surface area contributed by atoms with E-state index in [4.69, 9.17) is 0 Å². The van der Waals surface area contributed by atoms with Crippen molar-refractivity contribution < 1.29 is 4.79 Å².